The lowest BCUT2D eigenvalue weighted by Gasteiger charge is -2.17. The van der Waals surface area contributed by atoms with Crippen LogP contribution in [0.25, 0.3) is 0 Å². The average molecular weight is 387 g/mol. The van der Waals surface area contributed by atoms with Crippen LogP contribution in [0.5, 0.6) is 5.75 Å². The van der Waals surface area contributed by atoms with Gasteiger partial charge in [-0.15, -0.1) is 0 Å². The molecule has 0 saturated heterocycles. The lowest BCUT2D eigenvalue weighted by atomic mass is 10.2. The first-order valence-electron chi connectivity index (χ1n) is 6.67. The second-order valence-corrected chi connectivity index (χ2v) is 5.85. The minimum atomic E-state index is -0.673. The third-order valence-electron chi connectivity index (χ3n) is 2.94. The summed E-state index contributed by atoms with van der Waals surface area (Å²) in [6.45, 7) is 1.84. The Balaban J connectivity index is 2.04. The molecule has 0 bridgehead atoms. The zero-order chi connectivity index (χ0) is 16.1. The van der Waals surface area contributed by atoms with Crippen molar-refractivity contribution in [2.45, 2.75) is 19.4 Å². The Labute approximate surface area is 141 Å². The standard InChI is InChI=1S/C16H14BrClFNO2/c1-2-15(22-12-6-3-10(19)4-7-12)16(21)20-11-5-8-13(17)14(18)9-11/h3-9,15H,2H2,1H3,(H,20,21)/t15-/m1/s1. The predicted octanol–water partition coefficient (Wildman–Crippen LogP) is 5.04. The molecule has 0 aliphatic rings. The van der Waals surface area contributed by atoms with Crippen LogP contribution in [0.2, 0.25) is 5.02 Å². The van der Waals surface area contributed by atoms with Crippen molar-refractivity contribution >= 4 is 39.1 Å². The third-order valence-corrected chi connectivity index (χ3v) is 4.17. The molecule has 0 saturated carbocycles. The van der Waals surface area contributed by atoms with Gasteiger partial charge in [-0.1, -0.05) is 18.5 Å². The summed E-state index contributed by atoms with van der Waals surface area (Å²) >= 11 is 9.28. The molecular weight excluding hydrogens is 373 g/mol. The van der Waals surface area contributed by atoms with Crippen molar-refractivity contribution in [3.63, 3.8) is 0 Å². The van der Waals surface area contributed by atoms with Gasteiger partial charge in [0.05, 0.1) is 5.02 Å². The summed E-state index contributed by atoms with van der Waals surface area (Å²) < 4.78 is 19.2. The average Bonchev–Trinajstić information content (AvgIpc) is 2.50. The number of hydrogen-bond donors (Lipinski definition) is 1. The van der Waals surface area contributed by atoms with E-state index in [1.54, 1.807) is 18.2 Å². The Hall–Kier alpha value is -1.59. The molecule has 0 unspecified atom stereocenters. The number of nitrogens with one attached hydrogen (secondary N) is 1. The maximum atomic E-state index is 12.9. The summed E-state index contributed by atoms with van der Waals surface area (Å²) in [7, 11) is 0. The van der Waals surface area contributed by atoms with Gasteiger partial charge in [-0.2, -0.15) is 0 Å². The van der Waals surface area contributed by atoms with E-state index in [-0.39, 0.29) is 11.7 Å². The molecule has 0 aliphatic heterocycles. The molecule has 116 valence electrons. The third kappa shape index (κ3) is 4.45. The topological polar surface area (TPSA) is 38.3 Å². The SMILES string of the molecule is CC[C@@H](Oc1ccc(F)cc1)C(=O)Nc1ccc(Br)c(Cl)c1. The number of ether oxygens (including phenoxy) is 1. The molecule has 0 heterocycles. The molecule has 0 spiro atoms. The van der Waals surface area contributed by atoms with Gasteiger partial charge in [0.15, 0.2) is 6.10 Å². The monoisotopic (exact) mass is 385 g/mol. The molecule has 1 atom stereocenters. The largest absolute Gasteiger partial charge is 0.481 e. The molecule has 0 radical (unpaired) electrons. The molecule has 2 rings (SSSR count). The molecule has 3 nitrogen and oxygen atoms in total. The lowest BCUT2D eigenvalue weighted by molar-refractivity contribution is -0.122. The van der Waals surface area contributed by atoms with Crippen LogP contribution in [0.1, 0.15) is 13.3 Å². The molecule has 6 heteroatoms. The number of rotatable bonds is 5. The van der Waals surface area contributed by atoms with E-state index in [4.69, 9.17) is 16.3 Å². The highest BCUT2D eigenvalue weighted by atomic mass is 79.9. The van der Waals surface area contributed by atoms with Crippen LogP contribution < -0.4 is 10.1 Å². The smallest absolute Gasteiger partial charge is 0.265 e. The van der Waals surface area contributed by atoms with Crippen LogP contribution in [-0.4, -0.2) is 12.0 Å². The van der Waals surface area contributed by atoms with E-state index in [1.165, 1.54) is 24.3 Å². The molecule has 0 aromatic heterocycles. The Bertz CT molecular complexity index is 664. The fourth-order valence-corrected chi connectivity index (χ4v) is 2.22. The van der Waals surface area contributed by atoms with Crippen LogP contribution in [0.3, 0.4) is 0 Å². The minimum Gasteiger partial charge on any atom is -0.481 e. The van der Waals surface area contributed by atoms with Gasteiger partial charge < -0.3 is 10.1 Å². The number of benzene rings is 2. The predicted molar refractivity (Wildman–Crippen MR) is 88.9 cm³/mol. The summed E-state index contributed by atoms with van der Waals surface area (Å²) in [5.74, 6) is -0.197. The summed E-state index contributed by atoms with van der Waals surface area (Å²) in [5, 5.41) is 3.25. The molecule has 22 heavy (non-hydrogen) atoms. The Morgan fingerprint density at radius 3 is 2.59 bits per heavy atom. The van der Waals surface area contributed by atoms with Crippen molar-refractivity contribution < 1.29 is 13.9 Å². The van der Waals surface area contributed by atoms with Gasteiger partial charge in [0.2, 0.25) is 0 Å². The first-order valence-corrected chi connectivity index (χ1v) is 7.85. The second-order valence-electron chi connectivity index (χ2n) is 4.59. The molecule has 2 aromatic rings. The first-order chi connectivity index (χ1) is 10.5. The van der Waals surface area contributed by atoms with Crippen molar-refractivity contribution in [1.82, 2.24) is 0 Å². The Kier molecular flexibility index (Phi) is 5.80. The first kappa shape index (κ1) is 16.8. The molecule has 2 aromatic carbocycles. The van der Waals surface area contributed by atoms with Crippen LogP contribution in [-0.2, 0) is 4.79 Å². The number of amides is 1. The zero-order valence-electron chi connectivity index (χ0n) is 11.8. The zero-order valence-corrected chi connectivity index (χ0v) is 14.1. The van der Waals surface area contributed by atoms with Crippen LogP contribution in [0.4, 0.5) is 10.1 Å². The van der Waals surface area contributed by atoms with Crippen molar-refractivity contribution in [3.05, 3.63) is 57.8 Å². The summed E-state index contributed by atoms with van der Waals surface area (Å²) in [6, 6.07) is 10.7. The lowest BCUT2D eigenvalue weighted by Crippen LogP contribution is -2.32. The summed E-state index contributed by atoms with van der Waals surface area (Å²) in [6.07, 6.45) is -0.194. The van der Waals surface area contributed by atoms with Crippen LogP contribution in [0, 0.1) is 5.82 Å². The molecule has 0 aliphatic carbocycles. The van der Waals surface area contributed by atoms with E-state index >= 15 is 0 Å². The van der Waals surface area contributed by atoms with E-state index in [9.17, 15) is 9.18 Å². The number of anilines is 1. The number of hydrogen-bond acceptors (Lipinski definition) is 2. The van der Waals surface area contributed by atoms with Gasteiger partial charge >= 0.3 is 0 Å². The van der Waals surface area contributed by atoms with Gasteiger partial charge in [-0.05, 0) is 64.8 Å². The molecular formula is C16H14BrClFNO2. The summed E-state index contributed by atoms with van der Waals surface area (Å²) in [5.41, 5.74) is 0.583. The highest BCUT2D eigenvalue weighted by Gasteiger charge is 2.18. The van der Waals surface area contributed by atoms with Crippen molar-refractivity contribution in [3.8, 4) is 5.75 Å². The number of carbonyl (C=O) groups is 1. The van der Waals surface area contributed by atoms with E-state index in [0.717, 1.165) is 4.47 Å². The Morgan fingerprint density at radius 1 is 1.32 bits per heavy atom. The Morgan fingerprint density at radius 2 is 2.00 bits per heavy atom. The van der Waals surface area contributed by atoms with Gasteiger partial charge in [-0.25, -0.2) is 4.39 Å². The molecule has 1 amide bonds. The van der Waals surface area contributed by atoms with Gasteiger partial charge in [0.1, 0.15) is 11.6 Å². The number of carbonyl (C=O) groups excluding carboxylic acids is 1. The fraction of sp³-hybridized carbons (Fsp3) is 0.188. The highest BCUT2D eigenvalue weighted by molar-refractivity contribution is 9.10. The fourth-order valence-electron chi connectivity index (χ4n) is 1.80. The number of halogens is 3. The second kappa shape index (κ2) is 7.61. The normalized spacial score (nSPS) is 11.8. The maximum absolute atomic E-state index is 12.9. The van der Waals surface area contributed by atoms with E-state index in [1.807, 2.05) is 6.92 Å². The van der Waals surface area contributed by atoms with Crippen LogP contribution in [0.15, 0.2) is 46.9 Å². The maximum Gasteiger partial charge on any atom is 0.265 e. The van der Waals surface area contributed by atoms with E-state index in [2.05, 4.69) is 21.2 Å². The summed E-state index contributed by atoms with van der Waals surface area (Å²) in [4.78, 5) is 12.2. The highest BCUT2D eigenvalue weighted by Crippen LogP contribution is 2.25. The van der Waals surface area contributed by atoms with Crippen molar-refractivity contribution in [2.75, 3.05) is 5.32 Å². The quantitative estimate of drug-likeness (QED) is 0.782. The molecule has 1 N–H and O–H groups in total. The van der Waals surface area contributed by atoms with E-state index in [0.29, 0.717) is 22.9 Å². The van der Waals surface area contributed by atoms with E-state index < -0.39 is 6.10 Å². The van der Waals surface area contributed by atoms with Gasteiger partial charge in [-0.3, -0.25) is 4.79 Å². The minimum absolute atomic E-state index is 0.287. The van der Waals surface area contributed by atoms with Crippen molar-refractivity contribution in [2.24, 2.45) is 0 Å². The van der Waals surface area contributed by atoms with Gasteiger partial charge in [0.25, 0.3) is 5.91 Å². The molecule has 0 fully saturated rings. The van der Waals surface area contributed by atoms with Gasteiger partial charge in [0, 0.05) is 10.2 Å². The van der Waals surface area contributed by atoms with Crippen LogP contribution >= 0.6 is 27.5 Å². The van der Waals surface area contributed by atoms with Crippen molar-refractivity contribution in [1.29, 1.82) is 0 Å².